The van der Waals surface area contributed by atoms with Gasteiger partial charge in [0.1, 0.15) is 0 Å². The van der Waals surface area contributed by atoms with E-state index in [1.807, 2.05) is 18.2 Å². The summed E-state index contributed by atoms with van der Waals surface area (Å²) in [7, 11) is 0. The zero-order valence-electron chi connectivity index (χ0n) is 12.5. The zero-order chi connectivity index (χ0) is 15.5. The van der Waals surface area contributed by atoms with Crippen molar-refractivity contribution in [1.29, 1.82) is 0 Å². The first-order chi connectivity index (χ1) is 10.7. The van der Waals surface area contributed by atoms with Crippen molar-refractivity contribution in [2.24, 2.45) is 0 Å². The molecule has 1 N–H and O–H groups in total. The predicted molar refractivity (Wildman–Crippen MR) is 84.7 cm³/mol. The molecule has 2 aromatic rings. The molecule has 0 spiro atoms. The van der Waals surface area contributed by atoms with Crippen LogP contribution < -0.4 is 5.32 Å². The fourth-order valence-corrected chi connectivity index (χ4v) is 2.69. The minimum atomic E-state index is -0.199. The average Bonchev–Trinajstić information content (AvgIpc) is 2.81. The largest absolute Gasteiger partial charge is 0.308 e. The van der Waals surface area contributed by atoms with Gasteiger partial charge in [-0.15, -0.1) is 0 Å². The maximum Gasteiger partial charge on any atom is 0.261 e. The van der Waals surface area contributed by atoms with Crippen molar-refractivity contribution in [1.82, 2.24) is 10.2 Å². The Bertz CT molecular complexity index is 662. The second-order valence-electron chi connectivity index (χ2n) is 5.39. The zero-order valence-corrected chi connectivity index (χ0v) is 12.5. The summed E-state index contributed by atoms with van der Waals surface area (Å²) in [6.07, 6.45) is 0. The van der Waals surface area contributed by atoms with Gasteiger partial charge in [-0.3, -0.25) is 14.5 Å². The van der Waals surface area contributed by atoms with E-state index in [2.05, 4.69) is 24.4 Å². The third-order valence-corrected chi connectivity index (χ3v) is 3.96. The number of amides is 2. The molecule has 4 nitrogen and oxygen atoms in total. The molecule has 2 amide bonds. The Labute approximate surface area is 129 Å². The number of carbonyl (C=O) groups excluding carboxylic acids is 2. The molecule has 0 aromatic heterocycles. The number of fused-ring (bicyclic) bond motifs is 1. The highest BCUT2D eigenvalue weighted by atomic mass is 16.2. The Hall–Kier alpha value is -2.46. The summed E-state index contributed by atoms with van der Waals surface area (Å²) in [5, 5.41) is 3.35. The van der Waals surface area contributed by atoms with Crippen LogP contribution in [0.2, 0.25) is 0 Å². The average molecular weight is 294 g/mol. The number of nitrogens with zero attached hydrogens (tertiary/aromatic N) is 1. The predicted octanol–water partition coefficient (Wildman–Crippen LogP) is 2.63. The van der Waals surface area contributed by atoms with Gasteiger partial charge < -0.3 is 5.32 Å². The molecule has 112 valence electrons. The highest BCUT2D eigenvalue weighted by molar-refractivity contribution is 6.21. The second kappa shape index (κ2) is 6.12. The van der Waals surface area contributed by atoms with Crippen LogP contribution in [0.5, 0.6) is 0 Å². The first-order valence-electron chi connectivity index (χ1n) is 7.42. The van der Waals surface area contributed by atoms with Crippen molar-refractivity contribution < 1.29 is 9.59 Å². The van der Waals surface area contributed by atoms with Gasteiger partial charge in [-0.2, -0.15) is 0 Å². The van der Waals surface area contributed by atoms with Gasteiger partial charge >= 0.3 is 0 Å². The van der Waals surface area contributed by atoms with Gasteiger partial charge in [0, 0.05) is 19.1 Å². The quantitative estimate of drug-likeness (QED) is 0.862. The number of nitrogens with one attached hydrogen (secondary N) is 1. The maximum absolute atomic E-state index is 12.2. The van der Waals surface area contributed by atoms with Crippen LogP contribution >= 0.6 is 0 Å². The van der Waals surface area contributed by atoms with E-state index in [0.29, 0.717) is 24.2 Å². The molecule has 0 radical (unpaired) electrons. The smallest absolute Gasteiger partial charge is 0.261 e. The van der Waals surface area contributed by atoms with Crippen molar-refractivity contribution in [3.63, 3.8) is 0 Å². The summed E-state index contributed by atoms with van der Waals surface area (Å²) in [4.78, 5) is 25.8. The molecule has 1 aliphatic rings. The monoisotopic (exact) mass is 294 g/mol. The molecule has 1 atom stereocenters. The lowest BCUT2D eigenvalue weighted by atomic mass is 10.1. The summed E-state index contributed by atoms with van der Waals surface area (Å²) < 4.78 is 0. The van der Waals surface area contributed by atoms with Gasteiger partial charge in [0.2, 0.25) is 0 Å². The molecular weight excluding hydrogens is 276 g/mol. The minimum Gasteiger partial charge on any atom is -0.308 e. The van der Waals surface area contributed by atoms with E-state index in [9.17, 15) is 9.59 Å². The van der Waals surface area contributed by atoms with Crippen LogP contribution in [0, 0.1) is 0 Å². The molecular formula is C18H18N2O2. The van der Waals surface area contributed by atoms with E-state index < -0.39 is 0 Å². The molecule has 1 aliphatic heterocycles. The topological polar surface area (TPSA) is 49.4 Å². The molecule has 0 saturated heterocycles. The van der Waals surface area contributed by atoms with Gasteiger partial charge in [0.15, 0.2) is 0 Å². The van der Waals surface area contributed by atoms with E-state index in [1.54, 1.807) is 24.3 Å². The van der Waals surface area contributed by atoms with Crippen molar-refractivity contribution in [3.8, 4) is 0 Å². The van der Waals surface area contributed by atoms with E-state index in [0.717, 1.165) is 0 Å². The lowest BCUT2D eigenvalue weighted by Crippen LogP contribution is -2.36. The maximum atomic E-state index is 12.2. The van der Waals surface area contributed by atoms with Crippen LogP contribution in [0.25, 0.3) is 0 Å². The van der Waals surface area contributed by atoms with Crippen LogP contribution in [0.3, 0.4) is 0 Å². The van der Waals surface area contributed by atoms with Gasteiger partial charge in [-0.25, -0.2) is 0 Å². The molecule has 3 rings (SSSR count). The Balaban J connectivity index is 1.59. The third-order valence-electron chi connectivity index (χ3n) is 3.96. The standard InChI is InChI=1S/C18H18N2O2/c1-13(14-7-3-2-4-8-14)19-11-12-20-17(21)15-9-5-6-10-16(15)18(20)22/h2-10,13,19H,11-12H2,1H3/t13-/m1/s1. The second-order valence-corrected chi connectivity index (χ2v) is 5.39. The highest BCUT2D eigenvalue weighted by Gasteiger charge is 2.34. The molecule has 0 saturated carbocycles. The van der Waals surface area contributed by atoms with Crippen molar-refractivity contribution in [2.45, 2.75) is 13.0 Å². The first kappa shape index (κ1) is 14.5. The summed E-state index contributed by atoms with van der Waals surface area (Å²) in [6.45, 7) is 3.02. The molecule has 22 heavy (non-hydrogen) atoms. The Morgan fingerprint density at radius 2 is 1.45 bits per heavy atom. The number of benzene rings is 2. The fraction of sp³-hybridized carbons (Fsp3) is 0.222. The Morgan fingerprint density at radius 1 is 0.909 bits per heavy atom. The molecule has 0 unspecified atom stereocenters. The number of hydrogen-bond donors (Lipinski definition) is 1. The van der Waals surface area contributed by atoms with Gasteiger partial charge in [-0.1, -0.05) is 42.5 Å². The first-order valence-corrected chi connectivity index (χ1v) is 7.42. The third kappa shape index (κ3) is 2.65. The van der Waals surface area contributed by atoms with Crippen molar-refractivity contribution in [3.05, 3.63) is 71.3 Å². The summed E-state index contributed by atoms with van der Waals surface area (Å²) in [5.41, 5.74) is 2.19. The molecule has 0 fully saturated rings. The van der Waals surface area contributed by atoms with Crippen LogP contribution in [-0.2, 0) is 0 Å². The molecule has 1 heterocycles. The van der Waals surface area contributed by atoms with Crippen LogP contribution in [0.1, 0.15) is 39.2 Å². The van der Waals surface area contributed by atoms with E-state index in [4.69, 9.17) is 0 Å². The lowest BCUT2D eigenvalue weighted by Gasteiger charge is -2.18. The number of hydrogen-bond acceptors (Lipinski definition) is 3. The SMILES string of the molecule is C[C@@H](NCCN1C(=O)c2ccccc2C1=O)c1ccccc1. The molecule has 4 heteroatoms. The minimum absolute atomic E-state index is 0.177. The van der Waals surface area contributed by atoms with Gasteiger partial charge in [0.25, 0.3) is 11.8 Å². The number of carbonyl (C=O) groups is 2. The number of rotatable bonds is 5. The molecule has 0 bridgehead atoms. The molecule has 0 aliphatic carbocycles. The Morgan fingerprint density at radius 3 is 2.05 bits per heavy atom. The molecule has 2 aromatic carbocycles. The van der Waals surface area contributed by atoms with Gasteiger partial charge in [-0.05, 0) is 24.6 Å². The Kier molecular flexibility index (Phi) is 4.02. The lowest BCUT2D eigenvalue weighted by molar-refractivity contribution is 0.0654. The van der Waals surface area contributed by atoms with Crippen LogP contribution in [-0.4, -0.2) is 29.8 Å². The van der Waals surface area contributed by atoms with Crippen molar-refractivity contribution >= 4 is 11.8 Å². The van der Waals surface area contributed by atoms with Crippen molar-refractivity contribution in [2.75, 3.05) is 13.1 Å². The van der Waals surface area contributed by atoms with E-state index in [1.165, 1.54) is 10.5 Å². The van der Waals surface area contributed by atoms with E-state index in [-0.39, 0.29) is 17.9 Å². The van der Waals surface area contributed by atoms with Gasteiger partial charge in [0.05, 0.1) is 11.1 Å². The van der Waals surface area contributed by atoms with Crippen LogP contribution in [0.15, 0.2) is 54.6 Å². The number of imide groups is 1. The summed E-state index contributed by atoms with van der Waals surface area (Å²) in [5.74, 6) is -0.399. The van der Waals surface area contributed by atoms with E-state index >= 15 is 0 Å². The fourth-order valence-electron chi connectivity index (χ4n) is 2.69. The summed E-state index contributed by atoms with van der Waals surface area (Å²) >= 11 is 0. The highest BCUT2D eigenvalue weighted by Crippen LogP contribution is 2.22. The normalized spacial score (nSPS) is 15.0. The van der Waals surface area contributed by atoms with Crippen LogP contribution in [0.4, 0.5) is 0 Å². The summed E-state index contributed by atoms with van der Waals surface area (Å²) in [6, 6.07) is 17.2.